The van der Waals surface area contributed by atoms with Crippen LogP contribution in [0.5, 0.6) is 0 Å². The van der Waals surface area contributed by atoms with E-state index in [0.29, 0.717) is 0 Å². The van der Waals surface area contributed by atoms with Crippen molar-refractivity contribution in [2.45, 2.75) is 162 Å². The average molecular weight is 947 g/mol. The number of thiophene rings is 1. The summed E-state index contributed by atoms with van der Waals surface area (Å²) in [4.78, 5) is 5.41. The standard InChI is InChI=1S/C67H71BN2S/c1-38-30-56-59-57(31-38)70(54-35-47-45(32-40(54)3)62(4,5)26-28-64(47,8)9)55-36-50-49(66(12,13)43-21-17-18-22-44(43)67(50,14)15)34-51(55)68(59)60-53(69(56)52-23-19-16-20-39(52)2)25-24-41-42-33-46-48(37-58(42)71-61(41)60)65(10,11)29-27-63(46,6)7/h16-25,30-37H,26-29H2,1-15H3. The second-order valence-corrected chi connectivity index (χ2v) is 27.5. The number of aryl methyl sites for hydroxylation is 3. The molecule has 71 heavy (non-hydrogen) atoms. The van der Waals surface area contributed by atoms with Crippen LogP contribution in [-0.4, -0.2) is 6.71 Å². The number of anilines is 6. The Hall–Kier alpha value is -5.58. The topological polar surface area (TPSA) is 6.48 Å². The van der Waals surface area contributed by atoms with Gasteiger partial charge in [-0.2, -0.15) is 0 Å². The Kier molecular flexibility index (Phi) is 9.15. The molecule has 5 aliphatic rings. The van der Waals surface area contributed by atoms with Crippen molar-refractivity contribution >= 4 is 88.7 Å². The van der Waals surface area contributed by atoms with E-state index in [4.69, 9.17) is 0 Å². The van der Waals surface area contributed by atoms with E-state index in [2.05, 4.69) is 223 Å². The Morgan fingerprint density at radius 1 is 0.394 bits per heavy atom. The molecule has 0 atom stereocenters. The van der Waals surface area contributed by atoms with E-state index >= 15 is 0 Å². The van der Waals surface area contributed by atoms with Crippen LogP contribution in [0.25, 0.3) is 20.2 Å². The highest BCUT2D eigenvalue weighted by Crippen LogP contribution is 2.56. The molecule has 2 nitrogen and oxygen atoms in total. The first-order valence-electron chi connectivity index (χ1n) is 26.7. The van der Waals surface area contributed by atoms with Gasteiger partial charge >= 0.3 is 0 Å². The monoisotopic (exact) mass is 947 g/mol. The van der Waals surface area contributed by atoms with Gasteiger partial charge in [0, 0.05) is 59.7 Å². The highest BCUT2D eigenvalue weighted by Gasteiger charge is 2.50. The number of fused-ring (bicyclic) bond motifs is 12. The fourth-order valence-corrected chi connectivity index (χ4v) is 16.0. The summed E-state index contributed by atoms with van der Waals surface area (Å²) < 4.78 is 2.83. The number of para-hydroxylation sites is 1. The molecule has 0 saturated carbocycles. The molecule has 8 aromatic rings. The van der Waals surface area contributed by atoms with Crippen molar-refractivity contribution < 1.29 is 0 Å². The van der Waals surface area contributed by atoms with Crippen molar-refractivity contribution in [2.75, 3.05) is 9.80 Å². The van der Waals surface area contributed by atoms with E-state index in [9.17, 15) is 0 Å². The molecule has 0 fully saturated rings. The largest absolute Gasteiger partial charge is 0.311 e. The lowest BCUT2D eigenvalue weighted by Gasteiger charge is -2.49. The fraction of sp³-hybridized carbons (Fsp3) is 0.373. The van der Waals surface area contributed by atoms with Crippen LogP contribution in [0.15, 0.2) is 109 Å². The molecular formula is C67H71BN2S. The SMILES string of the molecule is Cc1cc2c3c(c1)N(c1ccccc1C)c1ccc4c(sc5cc6c(cc54)C(C)(C)CCC6(C)C)c1B3c1cc3c(cc1N2c1cc2c(cc1C)C(C)(C)CCC2(C)C)C(C)(C)c1ccccc1C3(C)C. The van der Waals surface area contributed by atoms with Crippen molar-refractivity contribution in [3.8, 4) is 0 Å². The average Bonchev–Trinajstić information content (AvgIpc) is 3.69. The van der Waals surface area contributed by atoms with Gasteiger partial charge in [0.05, 0.1) is 0 Å². The van der Waals surface area contributed by atoms with Crippen LogP contribution in [0.1, 0.15) is 170 Å². The van der Waals surface area contributed by atoms with E-state index in [1.807, 2.05) is 11.3 Å². The van der Waals surface area contributed by atoms with Crippen LogP contribution in [0.4, 0.5) is 34.1 Å². The predicted molar refractivity (Wildman–Crippen MR) is 309 cm³/mol. The molecule has 7 aromatic carbocycles. The summed E-state index contributed by atoms with van der Waals surface area (Å²) in [6.45, 7) is 36.7. The Labute approximate surface area is 428 Å². The quantitative estimate of drug-likeness (QED) is 0.159. The van der Waals surface area contributed by atoms with E-state index < -0.39 is 0 Å². The number of benzene rings is 7. The van der Waals surface area contributed by atoms with Crippen molar-refractivity contribution in [1.29, 1.82) is 0 Å². The lowest BCUT2D eigenvalue weighted by Crippen LogP contribution is -2.62. The molecule has 3 heterocycles. The van der Waals surface area contributed by atoms with Crippen molar-refractivity contribution in [3.05, 3.63) is 170 Å². The Morgan fingerprint density at radius 2 is 0.901 bits per heavy atom. The van der Waals surface area contributed by atoms with Crippen molar-refractivity contribution in [3.63, 3.8) is 0 Å². The maximum Gasteiger partial charge on any atom is 0.254 e. The number of hydrogen-bond acceptors (Lipinski definition) is 3. The van der Waals surface area contributed by atoms with Gasteiger partial charge in [-0.25, -0.2) is 0 Å². The van der Waals surface area contributed by atoms with Gasteiger partial charge in [0.1, 0.15) is 0 Å². The van der Waals surface area contributed by atoms with Gasteiger partial charge in [-0.3, -0.25) is 0 Å². The van der Waals surface area contributed by atoms with E-state index in [-0.39, 0.29) is 39.2 Å². The van der Waals surface area contributed by atoms with Gasteiger partial charge in [0.2, 0.25) is 0 Å². The van der Waals surface area contributed by atoms with Gasteiger partial charge in [-0.1, -0.05) is 144 Å². The second-order valence-electron chi connectivity index (χ2n) is 26.5. The van der Waals surface area contributed by atoms with E-state index in [1.54, 1.807) is 0 Å². The number of nitrogens with zero attached hydrogens (tertiary/aromatic N) is 2. The number of hydrogen-bond donors (Lipinski definition) is 0. The molecule has 0 bridgehead atoms. The van der Waals surface area contributed by atoms with Crippen molar-refractivity contribution in [2.24, 2.45) is 0 Å². The summed E-state index contributed by atoms with van der Waals surface area (Å²) in [5.74, 6) is 0. The van der Waals surface area contributed by atoms with Crippen LogP contribution in [0, 0.1) is 20.8 Å². The summed E-state index contributed by atoms with van der Waals surface area (Å²) in [6, 6.07) is 44.3. The first-order valence-corrected chi connectivity index (χ1v) is 27.5. The molecule has 3 aliphatic carbocycles. The van der Waals surface area contributed by atoms with Gasteiger partial charge in [-0.05, 0) is 200 Å². The molecule has 0 spiro atoms. The van der Waals surface area contributed by atoms with Crippen molar-refractivity contribution in [1.82, 2.24) is 0 Å². The predicted octanol–water partition coefficient (Wildman–Crippen LogP) is 16.7. The molecule has 0 saturated heterocycles. The maximum absolute atomic E-state index is 2.75. The smallest absolute Gasteiger partial charge is 0.254 e. The lowest BCUT2D eigenvalue weighted by molar-refractivity contribution is 0.332. The van der Waals surface area contributed by atoms with Gasteiger partial charge in [0.25, 0.3) is 6.71 Å². The van der Waals surface area contributed by atoms with E-state index in [0.717, 1.165) is 0 Å². The highest BCUT2D eigenvalue weighted by atomic mass is 32.1. The van der Waals surface area contributed by atoms with E-state index in [1.165, 1.54) is 158 Å². The molecule has 0 amide bonds. The molecular weight excluding hydrogens is 876 g/mol. The van der Waals surface area contributed by atoms with Gasteiger partial charge < -0.3 is 9.80 Å². The van der Waals surface area contributed by atoms with Gasteiger partial charge in [0.15, 0.2) is 0 Å². The summed E-state index contributed by atoms with van der Waals surface area (Å²) in [6.07, 6.45) is 4.79. The molecule has 13 rings (SSSR count). The minimum Gasteiger partial charge on any atom is -0.311 e. The first-order chi connectivity index (χ1) is 33.4. The molecule has 2 aliphatic heterocycles. The molecule has 4 heteroatoms. The minimum absolute atomic E-state index is 0.00363. The lowest BCUT2D eigenvalue weighted by atomic mass is 9.33. The molecule has 0 unspecified atom stereocenters. The highest BCUT2D eigenvalue weighted by molar-refractivity contribution is 7.28. The summed E-state index contributed by atoms with van der Waals surface area (Å²) in [7, 11) is 0. The Bertz CT molecular complexity index is 3670. The molecule has 0 N–H and O–H groups in total. The third-order valence-corrected chi connectivity index (χ3v) is 20.5. The third-order valence-electron chi connectivity index (χ3n) is 19.3. The maximum atomic E-state index is 2.75. The van der Waals surface area contributed by atoms with Crippen LogP contribution >= 0.6 is 11.3 Å². The number of rotatable bonds is 2. The zero-order valence-corrected chi connectivity index (χ0v) is 45.9. The van der Waals surface area contributed by atoms with Crippen LogP contribution in [0.2, 0.25) is 0 Å². The third kappa shape index (κ3) is 6.07. The zero-order valence-electron chi connectivity index (χ0n) is 45.1. The first kappa shape index (κ1) is 45.3. The molecule has 1 aromatic heterocycles. The fourth-order valence-electron chi connectivity index (χ4n) is 14.7. The van der Waals surface area contributed by atoms with Crippen LogP contribution < -0.4 is 26.2 Å². The minimum atomic E-state index is -0.206. The summed E-state index contributed by atoms with van der Waals surface area (Å²) >= 11 is 2.05. The van der Waals surface area contributed by atoms with Crippen LogP contribution in [-0.2, 0) is 32.5 Å². The normalized spacial score (nSPS) is 19.8. The summed E-state index contributed by atoms with van der Waals surface area (Å²) in [5.41, 5.74) is 27.8. The molecule has 0 radical (unpaired) electrons. The van der Waals surface area contributed by atoms with Crippen LogP contribution in [0.3, 0.4) is 0 Å². The summed E-state index contributed by atoms with van der Waals surface area (Å²) in [5, 5.41) is 2.80. The second kappa shape index (κ2) is 14.3. The Morgan fingerprint density at radius 3 is 1.51 bits per heavy atom. The Balaban J connectivity index is 1.19. The zero-order chi connectivity index (χ0) is 49.9. The van der Waals surface area contributed by atoms with Gasteiger partial charge in [-0.15, -0.1) is 11.3 Å². The molecule has 358 valence electrons.